The first-order chi connectivity index (χ1) is 12.1. The molecule has 1 heterocycles. The van der Waals surface area contributed by atoms with Crippen LogP contribution >= 0.6 is 0 Å². The highest BCUT2D eigenvalue weighted by molar-refractivity contribution is 5.94. The fourth-order valence-electron chi connectivity index (χ4n) is 3.47. The van der Waals surface area contributed by atoms with Gasteiger partial charge in [-0.2, -0.15) is 5.26 Å². The summed E-state index contributed by atoms with van der Waals surface area (Å²) in [6, 6.07) is 15.6. The van der Waals surface area contributed by atoms with Crippen LogP contribution < -0.4 is 0 Å². The number of hydrogen-bond donors (Lipinski definition) is 1. The number of carbonyl (C=O) groups excluding carboxylic acids is 1. The molecular weight excluding hydrogens is 319 g/mol. The van der Waals surface area contributed by atoms with Crippen LogP contribution in [0.4, 0.5) is 4.39 Å². The van der Waals surface area contributed by atoms with E-state index in [1.165, 1.54) is 17.7 Å². The Morgan fingerprint density at radius 1 is 1.28 bits per heavy atom. The molecule has 0 unspecified atom stereocenters. The van der Waals surface area contributed by atoms with Crippen LogP contribution in [0, 0.1) is 23.1 Å². The van der Waals surface area contributed by atoms with Crippen LogP contribution in [0.3, 0.4) is 0 Å². The van der Waals surface area contributed by atoms with E-state index in [9.17, 15) is 14.3 Å². The predicted molar refractivity (Wildman–Crippen MR) is 91.4 cm³/mol. The topological polar surface area (TPSA) is 64.3 Å². The zero-order valence-corrected chi connectivity index (χ0v) is 13.7. The Bertz CT molecular complexity index is 801. The van der Waals surface area contributed by atoms with Gasteiger partial charge < -0.3 is 10.0 Å². The largest absolute Gasteiger partial charge is 0.396 e. The molecule has 2 aromatic rings. The van der Waals surface area contributed by atoms with Gasteiger partial charge in [-0.25, -0.2) is 4.39 Å². The minimum Gasteiger partial charge on any atom is -0.396 e. The summed E-state index contributed by atoms with van der Waals surface area (Å²) >= 11 is 0. The zero-order chi connectivity index (χ0) is 17.8. The highest BCUT2D eigenvalue weighted by Crippen LogP contribution is 2.33. The zero-order valence-electron chi connectivity index (χ0n) is 13.7. The van der Waals surface area contributed by atoms with Gasteiger partial charge >= 0.3 is 0 Å². The summed E-state index contributed by atoms with van der Waals surface area (Å²) in [5.41, 5.74) is 1.33. The van der Waals surface area contributed by atoms with Gasteiger partial charge in [0.2, 0.25) is 0 Å². The molecule has 0 saturated carbocycles. The smallest absolute Gasteiger partial charge is 0.253 e. The molecule has 4 nitrogen and oxygen atoms in total. The van der Waals surface area contributed by atoms with Crippen molar-refractivity contribution >= 4 is 5.91 Å². The molecule has 0 spiro atoms. The Balaban J connectivity index is 1.77. The Morgan fingerprint density at radius 3 is 2.72 bits per heavy atom. The van der Waals surface area contributed by atoms with Gasteiger partial charge in [-0.3, -0.25) is 4.79 Å². The first kappa shape index (κ1) is 17.1. The molecule has 1 aliphatic heterocycles. The second-order valence-electron chi connectivity index (χ2n) is 6.31. The van der Waals surface area contributed by atoms with E-state index in [-0.39, 0.29) is 29.9 Å². The monoisotopic (exact) mass is 338 g/mol. The number of likely N-dealkylation sites (tertiary alicyclic amines) is 1. The second-order valence-corrected chi connectivity index (χ2v) is 6.31. The lowest BCUT2D eigenvalue weighted by Crippen LogP contribution is -2.44. The lowest BCUT2D eigenvalue weighted by atomic mass is 9.80. The molecule has 2 atom stereocenters. The molecule has 0 aromatic heterocycles. The Hall–Kier alpha value is -2.71. The molecule has 3 rings (SSSR count). The number of piperidine rings is 1. The quantitative estimate of drug-likeness (QED) is 0.936. The molecule has 25 heavy (non-hydrogen) atoms. The molecule has 1 amide bonds. The van der Waals surface area contributed by atoms with E-state index in [0.29, 0.717) is 18.7 Å². The highest BCUT2D eigenvalue weighted by Gasteiger charge is 2.32. The van der Waals surface area contributed by atoms with Gasteiger partial charge in [0.25, 0.3) is 5.91 Å². The number of halogens is 1. The fraction of sp³-hybridized carbons (Fsp3) is 0.300. The molecule has 1 N–H and O–H groups in total. The van der Waals surface area contributed by atoms with Gasteiger partial charge in [-0.15, -0.1) is 0 Å². The lowest BCUT2D eigenvalue weighted by Gasteiger charge is -2.38. The van der Waals surface area contributed by atoms with Crippen molar-refractivity contribution in [2.75, 3.05) is 19.7 Å². The molecule has 1 fully saturated rings. The number of rotatable bonds is 3. The molecule has 0 bridgehead atoms. The van der Waals surface area contributed by atoms with Gasteiger partial charge in [-0.05, 0) is 36.1 Å². The maximum absolute atomic E-state index is 13.5. The normalized spacial score (nSPS) is 20.1. The second kappa shape index (κ2) is 7.45. The minimum atomic E-state index is -0.630. The average Bonchev–Trinajstić information content (AvgIpc) is 2.68. The van der Waals surface area contributed by atoms with Crippen LogP contribution in [0.15, 0.2) is 48.5 Å². The van der Waals surface area contributed by atoms with E-state index in [1.54, 1.807) is 11.0 Å². The van der Waals surface area contributed by atoms with Crippen molar-refractivity contribution < 1.29 is 14.3 Å². The lowest BCUT2D eigenvalue weighted by molar-refractivity contribution is 0.0578. The third-order valence-electron chi connectivity index (χ3n) is 4.82. The number of aliphatic hydroxyl groups is 1. The van der Waals surface area contributed by atoms with Crippen LogP contribution in [0.5, 0.6) is 0 Å². The Morgan fingerprint density at radius 2 is 2.04 bits per heavy atom. The molecule has 2 aromatic carbocycles. The van der Waals surface area contributed by atoms with Crippen molar-refractivity contribution in [3.63, 3.8) is 0 Å². The summed E-state index contributed by atoms with van der Waals surface area (Å²) in [6.45, 7) is 0.999. The van der Waals surface area contributed by atoms with E-state index >= 15 is 0 Å². The number of aliphatic hydroxyl groups excluding tert-OH is 1. The number of hydrogen-bond acceptors (Lipinski definition) is 3. The predicted octanol–water partition coefficient (Wildman–Crippen LogP) is 2.94. The molecule has 128 valence electrons. The Labute approximate surface area is 146 Å². The van der Waals surface area contributed by atoms with Gasteiger partial charge in [0, 0.05) is 31.2 Å². The molecule has 1 saturated heterocycles. The van der Waals surface area contributed by atoms with Crippen LogP contribution in [0.1, 0.15) is 33.8 Å². The van der Waals surface area contributed by atoms with Crippen molar-refractivity contribution in [3.8, 4) is 6.07 Å². The van der Waals surface area contributed by atoms with Gasteiger partial charge in [0.05, 0.1) is 5.56 Å². The summed E-state index contributed by atoms with van der Waals surface area (Å²) in [6.07, 6.45) is 0.757. The van der Waals surface area contributed by atoms with E-state index in [1.807, 2.05) is 30.3 Å². The van der Waals surface area contributed by atoms with Gasteiger partial charge in [-0.1, -0.05) is 30.3 Å². The van der Waals surface area contributed by atoms with Crippen molar-refractivity contribution in [1.29, 1.82) is 5.26 Å². The van der Waals surface area contributed by atoms with Gasteiger partial charge in [0.1, 0.15) is 11.9 Å². The molecule has 0 aliphatic carbocycles. The number of nitrogens with zero attached hydrogens (tertiary/aromatic N) is 2. The summed E-state index contributed by atoms with van der Waals surface area (Å²) in [4.78, 5) is 14.4. The Kier molecular flexibility index (Phi) is 5.11. The fourth-order valence-corrected chi connectivity index (χ4v) is 3.47. The maximum Gasteiger partial charge on any atom is 0.253 e. The van der Waals surface area contributed by atoms with Crippen molar-refractivity contribution in [2.45, 2.75) is 12.3 Å². The van der Waals surface area contributed by atoms with E-state index in [2.05, 4.69) is 0 Å². The molecule has 0 radical (unpaired) electrons. The molecule has 5 heteroatoms. The summed E-state index contributed by atoms with van der Waals surface area (Å²) in [5.74, 6) is -0.703. The van der Waals surface area contributed by atoms with E-state index in [0.717, 1.165) is 12.5 Å². The summed E-state index contributed by atoms with van der Waals surface area (Å²) < 4.78 is 13.5. The third-order valence-corrected chi connectivity index (χ3v) is 4.82. The van der Waals surface area contributed by atoms with Crippen LogP contribution in [-0.2, 0) is 0 Å². The third kappa shape index (κ3) is 3.54. The molecule has 1 aliphatic rings. The molecular formula is C20H19FN2O2. The standard InChI is InChI=1S/C20H19FN2O2/c21-19-7-6-15(10-16(19)11-22)20(25)23-9-8-18(17(12-23)13-24)14-4-2-1-3-5-14/h1-7,10,17-18,24H,8-9,12-13H2/t17-,18+/m1/s1. The van der Waals surface area contributed by atoms with Crippen LogP contribution in [0.25, 0.3) is 0 Å². The number of carbonyl (C=O) groups is 1. The summed E-state index contributed by atoms with van der Waals surface area (Å²) in [7, 11) is 0. The maximum atomic E-state index is 13.5. The van der Waals surface area contributed by atoms with E-state index < -0.39 is 5.82 Å². The number of amides is 1. The highest BCUT2D eigenvalue weighted by atomic mass is 19.1. The van der Waals surface area contributed by atoms with Crippen molar-refractivity contribution in [2.24, 2.45) is 5.92 Å². The first-order valence-corrected chi connectivity index (χ1v) is 8.28. The average molecular weight is 338 g/mol. The van der Waals surface area contributed by atoms with Crippen LogP contribution in [0.2, 0.25) is 0 Å². The first-order valence-electron chi connectivity index (χ1n) is 8.28. The van der Waals surface area contributed by atoms with Crippen molar-refractivity contribution in [3.05, 3.63) is 71.0 Å². The van der Waals surface area contributed by atoms with Gasteiger partial charge in [0.15, 0.2) is 0 Å². The van der Waals surface area contributed by atoms with Crippen LogP contribution in [-0.4, -0.2) is 35.6 Å². The SMILES string of the molecule is N#Cc1cc(C(=O)N2CC[C@@H](c3ccccc3)[C@@H](CO)C2)ccc1F. The number of nitriles is 1. The minimum absolute atomic E-state index is 0.00377. The summed E-state index contributed by atoms with van der Waals surface area (Å²) in [5, 5.41) is 18.7. The van der Waals surface area contributed by atoms with E-state index in [4.69, 9.17) is 5.26 Å². The number of benzene rings is 2. The van der Waals surface area contributed by atoms with Crippen molar-refractivity contribution in [1.82, 2.24) is 4.90 Å².